The number of hydrogen-bond donors (Lipinski definition) is 1. The van der Waals surface area contributed by atoms with Gasteiger partial charge in [0.05, 0.1) is 34.1 Å². The van der Waals surface area contributed by atoms with E-state index in [4.69, 9.17) is 4.74 Å². The normalized spacial score (nSPS) is 30.8. The summed E-state index contributed by atoms with van der Waals surface area (Å²) < 4.78 is 56.4. The van der Waals surface area contributed by atoms with Crippen LogP contribution in [0.3, 0.4) is 0 Å². The number of ether oxygens (including phenoxy) is 1. The maximum atomic E-state index is 13.0. The predicted molar refractivity (Wildman–Crippen MR) is 104 cm³/mol. The van der Waals surface area contributed by atoms with Gasteiger partial charge in [-0.2, -0.15) is 4.31 Å². The first kappa shape index (κ1) is 21.2. The minimum atomic E-state index is -3.77. The van der Waals surface area contributed by atoms with Crippen LogP contribution >= 0.6 is 0 Å². The van der Waals surface area contributed by atoms with Gasteiger partial charge in [0.2, 0.25) is 10.0 Å². The van der Waals surface area contributed by atoms with Gasteiger partial charge in [0.1, 0.15) is 0 Å². The molecule has 2 heterocycles. The van der Waals surface area contributed by atoms with E-state index >= 15 is 0 Å². The number of morpholine rings is 1. The van der Waals surface area contributed by atoms with Crippen LogP contribution in [-0.4, -0.2) is 69.4 Å². The van der Waals surface area contributed by atoms with E-state index < -0.39 is 31.3 Å². The van der Waals surface area contributed by atoms with Gasteiger partial charge in [-0.15, -0.1) is 0 Å². The molecule has 0 unspecified atom stereocenters. The first-order valence-electron chi connectivity index (χ1n) is 9.19. The molecule has 0 spiro atoms. The number of nitrogens with one attached hydrogen (secondary N) is 1. The Labute approximate surface area is 166 Å². The fourth-order valence-corrected chi connectivity index (χ4v) is 7.46. The molecule has 156 valence electrons. The smallest absolute Gasteiger partial charge is 0.251 e. The van der Waals surface area contributed by atoms with E-state index in [-0.39, 0.29) is 47.3 Å². The lowest BCUT2D eigenvalue weighted by molar-refractivity contribution is -0.0440. The van der Waals surface area contributed by atoms with Crippen molar-refractivity contribution in [1.29, 1.82) is 0 Å². The second-order valence-electron chi connectivity index (χ2n) is 7.96. The summed E-state index contributed by atoms with van der Waals surface area (Å²) in [6.07, 6.45) is -0.0913. The van der Waals surface area contributed by atoms with Crippen molar-refractivity contribution < 1.29 is 26.4 Å². The van der Waals surface area contributed by atoms with Crippen LogP contribution < -0.4 is 5.32 Å². The molecule has 2 fully saturated rings. The average molecular weight is 431 g/mol. The van der Waals surface area contributed by atoms with Crippen molar-refractivity contribution in [3.8, 4) is 0 Å². The second-order valence-corrected chi connectivity index (χ2v) is 12.1. The molecule has 8 nitrogen and oxygen atoms in total. The number of rotatable bonds is 4. The van der Waals surface area contributed by atoms with E-state index in [0.717, 1.165) is 0 Å². The lowest BCUT2D eigenvalue weighted by Crippen LogP contribution is -2.48. The third-order valence-corrected chi connectivity index (χ3v) is 8.77. The molecule has 10 heteroatoms. The molecule has 2 aliphatic rings. The van der Waals surface area contributed by atoms with Gasteiger partial charge in [-0.3, -0.25) is 4.79 Å². The highest BCUT2D eigenvalue weighted by Gasteiger charge is 2.40. The van der Waals surface area contributed by atoms with Crippen LogP contribution in [0, 0.1) is 0 Å². The van der Waals surface area contributed by atoms with E-state index in [1.807, 2.05) is 13.8 Å². The predicted octanol–water partition coefficient (Wildman–Crippen LogP) is 0.792. The molecule has 2 aliphatic heterocycles. The Morgan fingerprint density at radius 1 is 1.25 bits per heavy atom. The van der Waals surface area contributed by atoms with Gasteiger partial charge in [-0.1, -0.05) is 6.07 Å². The number of sulfonamides is 1. The molecule has 2 saturated heterocycles. The van der Waals surface area contributed by atoms with Crippen LogP contribution in [-0.2, 0) is 24.6 Å². The quantitative estimate of drug-likeness (QED) is 0.756. The molecule has 0 bridgehead atoms. The molecule has 1 aromatic rings. The van der Waals surface area contributed by atoms with Crippen LogP contribution in [0.4, 0.5) is 0 Å². The first-order valence-corrected chi connectivity index (χ1v) is 12.4. The van der Waals surface area contributed by atoms with Crippen molar-refractivity contribution in [3.63, 3.8) is 0 Å². The SMILES string of the molecule is C[C@@H]1CN(S(=O)(=O)c2cccc(C(=O)N[C@]3(C)CCS(=O)(=O)C3)c2)C[C@H](C)O1. The van der Waals surface area contributed by atoms with E-state index in [2.05, 4.69) is 5.32 Å². The molecule has 0 aromatic heterocycles. The summed E-state index contributed by atoms with van der Waals surface area (Å²) in [4.78, 5) is 12.7. The fraction of sp³-hybridized carbons (Fsp3) is 0.611. The summed E-state index contributed by atoms with van der Waals surface area (Å²) in [5, 5.41) is 2.75. The molecule has 1 N–H and O–H groups in total. The van der Waals surface area contributed by atoms with Crippen molar-refractivity contribution >= 4 is 25.8 Å². The van der Waals surface area contributed by atoms with E-state index in [9.17, 15) is 21.6 Å². The highest BCUT2D eigenvalue weighted by Crippen LogP contribution is 2.25. The Morgan fingerprint density at radius 2 is 1.89 bits per heavy atom. The van der Waals surface area contributed by atoms with Gasteiger partial charge < -0.3 is 10.1 Å². The lowest BCUT2D eigenvalue weighted by Gasteiger charge is -2.34. The van der Waals surface area contributed by atoms with Gasteiger partial charge in [0, 0.05) is 18.7 Å². The van der Waals surface area contributed by atoms with Crippen molar-refractivity contribution in [2.75, 3.05) is 24.6 Å². The Kier molecular flexibility index (Phi) is 5.61. The van der Waals surface area contributed by atoms with Gasteiger partial charge in [-0.05, 0) is 45.4 Å². The summed E-state index contributed by atoms with van der Waals surface area (Å²) in [6.45, 7) is 5.82. The summed E-state index contributed by atoms with van der Waals surface area (Å²) in [6, 6.07) is 5.83. The number of carbonyl (C=O) groups is 1. The lowest BCUT2D eigenvalue weighted by atomic mass is 10.0. The molecule has 0 aliphatic carbocycles. The monoisotopic (exact) mass is 430 g/mol. The van der Waals surface area contributed by atoms with E-state index in [1.54, 1.807) is 6.92 Å². The fourth-order valence-electron chi connectivity index (χ4n) is 3.73. The van der Waals surface area contributed by atoms with Crippen LogP contribution in [0.5, 0.6) is 0 Å². The minimum Gasteiger partial charge on any atom is -0.373 e. The molecule has 3 atom stereocenters. The summed E-state index contributed by atoms with van der Waals surface area (Å²) in [5.74, 6) is -0.570. The zero-order valence-electron chi connectivity index (χ0n) is 16.2. The summed E-state index contributed by atoms with van der Waals surface area (Å²) >= 11 is 0. The van der Waals surface area contributed by atoms with Gasteiger partial charge in [-0.25, -0.2) is 16.8 Å². The van der Waals surface area contributed by atoms with Gasteiger partial charge in [0.15, 0.2) is 9.84 Å². The topological polar surface area (TPSA) is 110 Å². The Hall–Kier alpha value is -1.49. The second kappa shape index (κ2) is 7.40. The van der Waals surface area contributed by atoms with Crippen molar-refractivity contribution in [2.45, 2.75) is 49.8 Å². The highest BCUT2D eigenvalue weighted by atomic mass is 32.2. The third kappa shape index (κ3) is 4.56. The maximum Gasteiger partial charge on any atom is 0.251 e. The van der Waals surface area contributed by atoms with Crippen LogP contribution in [0.25, 0.3) is 0 Å². The molecule has 1 amide bonds. The van der Waals surface area contributed by atoms with Crippen molar-refractivity contribution in [2.24, 2.45) is 0 Å². The Bertz CT molecular complexity index is 966. The van der Waals surface area contributed by atoms with E-state index in [0.29, 0.717) is 6.42 Å². The molecule has 3 rings (SSSR count). The third-order valence-electron chi connectivity index (χ3n) is 5.04. The zero-order valence-corrected chi connectivity index (χ0v) is 17.8. The number of hydrogen-bond acceptors (Lipinski definition) is 6. The zero-order chi connectivity index (χ0) is 20.7. The number of nitrogens with zero attached hydrogens (tertiary/aromatic N) is 1. The molecule has 0 radical (unpaired) electrons. The van der Waals surface area contributed by atoms with Crippen LogP contribution in [0.15, 0.2) is 29.2 Å². The largest absolute Gasteiger partial charge is 0.373 e. The van der Waals surface area contributed by atoms with Crippen LogP contribution in [0.1, 0.15) is 37.6 Å². The molecular weight excluding hydrogens is 404 g/mol. The first-order chi connectivity index (χ1) is 12.9. The van der Waals surface area contributed by atoms with Crippen molar-refractivity contribution in [3.05, 3.63) is 29.8 Å². The Morgan fingerprint density at radius 3 is 2.46 bits per heavy atom. The van der Waals surface area contributed by atoms with Gasteiger partial charge >= 0.3 is 0 Å². The Balaban J connectivity index is 1.81. The average Bonchev–Trinajstić information content (AvgIpc) is 2.87. The minimum absolute atomic E-state index is 0.0330. The molecule has 0 saturated carbocycles. The van der Waals surface area contributed by atoms with E-state index in [1.165, 1.54) is 28.6 Å². The number of carbonyl (C=O) groups excluding carboxylic acids is 1. The molecule has 1 aromatic carbocycles. The summed E-state index contributed by atoms with van der Waals surface area (Å²) in [5.41, 5.74) is -0.666. The maximum absolute atomic E-state index is 13.0. The number of benzene rings is 1. The standard InChI is InChI=1S/C18H26N2O6S2/c1-13-10-20(11-14(2)26-13)28(24,25)16-6-4-5-15(9-16)17(21)19-18(3)7-8-27(22,23)12-18/h4-6,9,13-14H,7-8,10-12H2,1-3H3,(H,19,21)/t13-,14+,18-/m1/s1. The van der Waals surface area contributed by atoms with Gasteiger partial charge in [0.25, 0.3) is 5.91 Å². The number of sulfone groups is 1. The summed E-state index contributed by atoms with van der Waals surface area (Å²) in [7, 11) is -6.93. The molecule has 28 heavy (non-hydrogen) atoms. The highest BCUT2D eigenvalue weighted by molar-refractivity contribution is 7.91. The van der Waals surface area contributed by atoms with Crippen molar-refractivity contribution in [1.82, 2.24) is 9.62 Å². The number of amides is 1. The molecular formula is C18H26N2O6S2. The van der Waals surface area contributed by atoms with Crippen LogP contribution in [0.2, 0.25) is 0 Å².